The second-order valence-corrected chi connectivity index (χ2v) is 2.94. The molecule has 0 radical (unpaired) electrons. The van der Waals surface area contributed by atoms with Crippen LogP contribution in [0.4, 0.5) is 0 Å². The maximum Gasteiger partial charge on any atom is 0.150 e. The summed E-state index contributed by atoms with van der Waals surface area (Å²) in [5.41, 5.74) is 1.21. The molecule has 2 rings (SSSR count). The Hall–Kier alpha value is -1.68. The van der Waals surface area contributed by atoms with Crippen molar-refractivity contribution in [2.45, 2.75) is 13.1 Å². The summed E-state index contributed by atoms with van der Waals surface area (Å²) < 4.78 is 4.95. The molecular weight excluding hydrogens is 178 g/mol. The molecule has 0 aromatic carbocycles. The van der Waals surface area contributed by atoms with Crippen molar-refractivity contribution in [1.29, 1.82) is 0 Å². The highest BCUT2D eigenvalue weighted by Gasteiger charge is 1.95. The van der Waals surface area contributed by atoms with Crippen LogP contribution in [0.25, 0.3) is 0 Å². The molecular formula is C10H11N3O. The summed E-state index contributed by atoms with van der Waals surface area (Å²) in [5.74, 6) is 0.846. The lowest BCUT2D eigenvalue weighted by Crippen LogP contribution is -2.11. The normalized spacial score (nSPS) is 10.3. The highest BCUT2D eigenvalue weighted by atomic mass is 16.5. The molecule has 0 unspecified atom stereocenters. The Balaban J connectivity index is 1.79. The zero-order valence-electron chi connectivity index (χ0n) is 7.68. The molecule has 14 heavy (non-hydrogen) atoms. The number of pyridine rings is 1. The van der Waals surface area contributed by atoms with Gasteiger partial charge in [0.05, 0.1) is 12.7 Å². The van der Waals surface area contributed by atoms with Gasteiger partial charge in [-0.25, -0.2) is 0 Å². The third-order valence-electron chi connectivity index (χ3n) is 1.87. The Morgan fingerprint density at radius 2 is 1.93 bits per heavy atom. The summed E-state index contributed by atoms with van der Waals surface area (Å²) in [6.45, 7) is 1.51. The zero-order valence-corrected chi connectivity index (χ0v) is 7.68. The molecule has 0 aliphatic carbocycles. The van der Waals surface area contributed by atoms with Gasteiger partial charge in [-0.15, -0.1) is 0 Å². The fourth-order valence-corrected chi connectivity index (χ4v) is 1.16. The van der Waals surface area contributed by atoms with Gasteiger partial charge >= 0.3 is 0 Å². The van der Waals surface area contributed by atoms with Gasteiger partial charge in [0.1, 0.15) is 5.76 Å². The second-order valence-electron chi connectivity index (χ2n) is 2.94. The molecule has 72 valence electrons. The minimum Gasteiger partial charge on any atom is -0.360 e. The van der Waals surface area contributed by atoms with Gasteiger partial charge in [0.25, 0.3) is 0 Å². The number of aromatic nitrogens is 2. The van der Waals surface area contributed by atoms with Gasteiger partial charge in [-0.3, -0.25) is 4.98 Å². The summed E-state index contributed by atoms with van der Waals surface area (Å²) in [6.07, 6.45) is 5.21. The van der Waals surface area contributed by atoms with E-state index in [1.165, 1.54) is 5.56 Å². The summed E-state index contributed by atoms with van der Waals surface area (Å²) >= 11 is 0. The Morgan fingerprint density at radius 3 is 2.64 bits per heavy atom. The smallest absolute Gasteiger partial charge is 0.150 e. The van der Waals surface area contributed by atoms with Gasteiger partial charge in [0.15, 0.2) is 0 Å². The van der Waals surface area contributed by atoms with Gasteiger partial charge in [-0.05, 0) is 17.7 Å². The first kappa shape index (κ1) is 8.90. The van der Waals surface area contributed by atoms with Gasteiger partial charge in [0.2, 0.25) is 0 Å². The van der Waals surface area contributed by atoms with Crippen molar-refractivity contribution in [3.63, 3.8) is 0 Å². The lowest BCUT2D eigenvalue weighted by atomic mass is 10.3. The molecule has 2 aromatic heterocycles. The van der Waals surface area contributed by atoms with E-state index in [9.17, 15) is 0 Å². The monoisotopic (exact) mass is 189 g/mol. The number of nitrogens with one attached hydrogen (secondary N) is 1. The average molecular weight is 189 g/mol. The van der Waals surface area contributed by atoms with Gasteiger partial charge in [-0.1, -0.05) is 5.16 Å². The molecule has 0 saturated heterocycles. The molecule has 0 aliphatic rings. The summed E-state index contributed by atoms with van der Waals surface area (Å²) in [5, 5.41) is 6.87. The van der Waals surface area contributed by atoms with Gasteiger partial charge < -0.3 is 9.84 Å². The molecule has 4 heteroatoms. The summed E-state index contributed by atoms with van der Waals surface area (Å²) in [4.78, 5) is 3.95. The Morgan fingerprint density at radius 1 is 1.07 bits per heavy atom. The van der Waals surface area contributed by atoms with Crippen molar-refractivity contribution in [1.82, 2.24) is 15.5 Å². The van der Waals surface area contributed by atoms with E-state index in [0.717, 1.165) is 12.3 Å². The van der Waals surface area contributed by atoms with Crippen molar-refractivity contribution in [3.05, 3.63) is 48.1 Å². The molecule has 0 atom stereocenters. The minimum absolute atomic E-state index is 0.697. The van der Waals surface area contributed by atoms with E-state index in [-0.39, 0.29) is 0 Å². The third-order valence-corrected chi connectivity index (χ3v) is 1.87. The minimum atomic E-state index is 0.697. The number of hydrogen-bond acceptors (Lipinski definition) is 4. The van der Waals surface area contributed by atoms with Crippen LogP contribution in [0.3, 0.4) is 0 Å². The number of hydrogen-bond donors (Lipinski definition) is 1. The van der Waals surface area contributed by atoms with Crippen LogP contribution in [0, 0.1) is 0 Å². The second kappa shape index (κ2) is 4.53. The van der Waals surface area contributed by atoms with E-state index in [0.29, 0.717) is 6.54 Å². The fraction of sp³-hybridized carbons (Fsp3) is 0.200. The lowest BCUT2D eigenvalue weighted by Gasteiger charge is -2.01. The quantitative estimate of drug-likeness (QED) is 0.789. The molecule has 0 spiro atoms. The van der Waals surface area contributed by atoms with E-state index in [4.69, 9.17) is 4.52 Å². The topological polar surface area (TPSA) is 51.0 Å². The third kappa shape index (κ3) is 2.40. The fourth-order valence-electron chi connectivity index (χ4n) is 1.16. The molecule has 2 aromatic rings. The first-order valence-electron chi connectivity index (χ1n) is 4.44. The molecule has 4 nitrogen and oxygen atoms in total. The van der Waals surface area contributed by atoms with Crippen LogP contribution in [-0.4, -0.2) is 10.1 Å². The predicted molar refractivity (Wildman–Crippen MR) is 51.3 cm³/mol. The van der Waals surface area contributed by atoms with Crippen molar-refractivity contribution in [2.75, 3.05) is 0 Å². The lowest BCUT2D eigenvalue weighted by molar-refractivity contribution is 0.373. The van der Waals surface area contributed by atoms with Crippen LogP contribution in [0.1, 0.15) is 11.3 Å². The maximum absolute atomic E-state index is 4.95. The van der Waals surface area contributed by atoms with Gasteiger partial charge in [0, 0.05) is 25.0 Å². The highest BCUT2D eigenvalue weighted by Crippen LogP contribution is 1.98. The van der Waals surface area contributed by atoms with E-state index < -0.39 is 0 Å². The zero-order chi connectivity index (χ0) is 9.64. The Labute approximate surface area is 82.0 Å². The number of nitrogens with zero attached hydrogens (tertiary/aromatic N) is 2. The van der Waals surface area contributed by atoms with Crippen molar-refractivity contribution in [3.8, 4) is 0 Å². The number of rotatable bonds is 4. The standard InChI is InChI=1S/C10H11N3O/c1-4-11-5-2-9(1)7-12-8-10-3-6-13-14-10/h1-6,12H,7-8H2. The molecule has 0 aliphatic heterocycles. The van der Waals surface area contributed by atoms with Crippen LogP contribution in [0.5, 0.6) is 0 Å². The van der Waals surface area contributed by atoms with E-state index >= 15 is 0 Å². The molecule has 0 fully saturated rings. The first-order chi connectivity index (χ1) is 6.95. The van der Waals surface area contributed by atoms with Gasteiger partial charge in [-0.2, -0.15) is 0 Å². The molecule has 0 saturated carbocycles. The molecule has 0 bridgehead atoms. The van der Waals surface area contributed by atoms with E-state index in [1.54, 1.807) is 18.6 Å². The highest BCUT2D eigenvalue weighted by molar-refractivity contribution is 5.09. The van der Waals surface area contributed by atoms with Crippen molar-refractivity contribution in [2.24, 2.45) is 0 Å². The molecule has 0 amide bonds. The average Bonchev–Trinajstić information content (AvgIpc) is 2.72. The van der Waals surface area contributed by atoms with Crippen LogP contribution < -0.4 is 5.32 Å². The van der Waals surface area contributed by atoms with Crippen LogP contribution >= 0.6 is 0 Å². The molecule has 1 N–H and O–H groups in total. The van der Waals surface area contributed by atoms with Crippen LogP contribution in [0.15, 0.2) is 41.3 Å². The largest absolute Gasteiger partial charge is 0.360 e. The van der Waals surface area contributed by atoms with Crippen LogP contribution in [0.2, 0.25) is 0 Å². The maximum atomic E-state index is 4.95. The first-order valence-corrected chi connectivity index (χ1v) is 4.44. The Bertz CT molecular complexity index is 358. The van der Waals surface area contributed by atoms with E-state index in [1.807, 2.05) is 18.2 Å². The van der Waals surface area contributed by atoms with E-state index in [2.05, 4.69) is 15.5 Å². The molecule has 2 heterocycles. The van der Waals surface area contributed by atoms with Crippen LogP contribution in [-0.2, 0) is 13.1 Å². The summed E-state index contributed by atoms with van der Waals surface area (Å²) in [7, 11) is 0. The van der Waals surface area contributed by atoms with Crippen molar-refractivity contribution >= 4 is 0 Å². The Kier molecular flexibility index (Phi) is 2.88. The SMILES string of the molecule is c1cc(CNCc2ccno2)ccn1. The predicted octanol–water partition coefficient (Wildman–Crippen LogP) is 1.36. The van der Waals surface area contributed by atoms with Crippen molar-refractivity contribution < 1.29 is 4.52 Å². The summed E-state index contributed by atoms with van der Waals surface area (Å²) in [6, 6.07) is 5.81.